The van der Waals surface area contributed by atoms with E-state index in [1.807, 2.05) is 6.07 Å². The molecule has 1 aliphatic carbocycles. The first-order valence-electron chi connectivity index (χ1n) is 17.6. The minimum atomic E-state index is -2.68. The van der Waals surface area contributed by atoms with Crippen LogP contribution in [0.15, 0.2) is 34.7 Å². The molecule has 5 fully saturated rings. The van der Waals surface area contributed by atoms with Gasteiger partial charge in [-0.2, -0.15) is 9.97 Å². The van der Waals surface area contributed by atoms with E-state index >= 15 is 8.78 Å². The van der Waals surface area contributed by atoms with Crippen molar-refractivity contribution in [3.05, 3.63) is 53.3 Å². The van der Waals surface area contributed by atoms with Crippen LogP contribution in [-0.2, 0) is 0 Å². The minimum Gasteiger partial charge on any atom is -0.508 e. The van der Waals surface area contributed by atoms with Gasteiger partial charge in [-0.3, -0.25) is 4.90 Å². The highest BCUT2D eigenvalue weighted by Gasteiger charge is 2.77. The van der Waals surface area contributed by atoms with Crippen molar-refractivity contribution in [1.29, 1.82) is 0 Å². The number of terminal acetylenes is 1. The molecule has 262 valence electrons. The summed E-state index contributed by atoms with van der Waals surface area (Å²) in [6, 6.07) is 7.74. The number of anilines is 1. The van der Waals surface area contributed by atoms with Crippen molar-refractivity contribution in [3.8, 4) is 35.2 Å². The lowest BCUT2D eigenvalue weighted by atomic mass is 9.89. The smallest absolute Gasteiger partial charge is 0.319 e. The minimum absolute atomic E-state index is 0.0289. The predicted octanol–water partition coefficient (Wildman–Crippen LogP) is 7.05. The van der Waals surface area contributed by atoms with E-state index in [4.69, 9.17) is 25.5 Å². The Hall–Kier alpha value is -4.60. The van der Waals surface area contributed by atoms with Crippen molar-refractivity contribution in [2.75, 3.05) is 37.7 Å². The molecule has 0 amide bonds. The SMILES string of the molecule is C#Cc1c(F)ccc2cc(O)cc(-c3c(F)c4nc(OC[C@@]56CCCN5C[C@@]5(CC5(F)F)C6)nc(N5C[C@H]6CC[C@@H](C5)N6)c4c4cc(C)oc34)c12. The van der Waals surface area contributed by atoms with E-state index in [0.717, 1.165) is 32.2 Å². The molecule has 4 saturated heterocycles. The molecule has 10 rings (SSSR count). The molecule has 0 unspecified atom stereocenters. The maximum absolute atomic E-state index is 17.6. The summed E-state index contributed by atoms with van der Waals surface area (Å²) in [5.74, 6) is -0.850. The highest BCUT2D eigenvalue weighted by Crippen LogP contribution is 2.69. The third-order valence-corrected chi connectivity index (χ3v) is 12.2. The van der Waals surface area contributed by atoms with Crippen LogP contribution in [0.5, 0.6) is 11.8 Å². The van der Waals surface area contributed by atoms with Gasteiger partial charge in [0.05, 0.1) is 27.5 Å². The quantitative estimate of drug-likeness (QED) is 0.149. The van der Waals surface area contributed by atoms with E-state index in [2.05, 4.69) is 21.0 Å². The number of aromatic hydroxyl groups is 1. The van der Waals surface area contributed by atoms with E-state index in [1.165, 1.54) is 24.3 Å². The van der Waals surface area contributed by atoms with Gasteiger partial charge < -0.3 is 24.5 Å². The second-order valence-corrected chi connectivity index (χ2v) is 15.4. The fourth-order valence-corrected chi connectivity index (χ4v) is 9.86. The number of rotatable bonds is 5. The van der Waals surface area contributed by atoms with Crippen LogP contribution in [0.1, 0.15) is 49.8 Å². The Morgan fingerprint density at radius 3 is 2.63 bits per heavy atom. The fraction of sp³-hybridized carbons (Fsp3) is 0.436. The zero-order valence-corrected chi connectivity index (χ0v) is 28.0. The molecule has 5 aromatic rings. The fourth-order valence-electron chi connectivity index (χ4n) is 9.86. The standard InChI is InChI=1S/C39H35F4N5O3/c1-3-25-28(40)8-5-21-12-24(49)13-26(29(21)25)30-32(41)33-31(27-11-20(2)51-34(27)30)35(47-14-22-6-7-23(15-47)44-22)46-36(45-33)50-19-38-9-4-10-48(38)18-37(16-38)17-39(37,42)43/h1,5,8,11-13,22-23,44,49H,4,6-7,9-10,14-19H2,2H3/t22-,23+,37-,38-/m0/s1. The van der Waals surface area contributed by atoms with Crippen molar-refractivity contribution in [3.63, 3.8) is 0 Å². The molecule has 2 N–H and O–H groups in total. The maximum atomic E-state index is 17.6. The molecule has 12 heteroatoms. The molecule has 1 saturated carbocycles. The van der Waals surface area contributed by atoms with Gasteiger partial charge in [-0.15, -0.1) is 6.42 Å². The number of alkyl halides is 2. The number of aromatic nitrogens is 2. The summed E-state index contributed by atoms with van der Waals surface area (Å²) < 4.78 is 74.5. The van der Waals surface area contributed by atoms with Gasteiger partial charge in [0.25, 0.3) is 5.92 Å². The second kappa shape index (κ2) is 10.5. The van der Waals surface area contributed by atoms with Crippen molar-refractivity contribution < 1.29 is 31.8 Å². The van der Waals surface area contributed by atoms with Crippen LogP contribution in [0.25, 0.3) is 43.8 Å². The molecule has 2 aromatic heterocycles. The average Bonchev–Trinajstić information content (AvgIpc) is 3.61. The summed E-state index contributed by atoms with van der Waals surface area (Å²) in [6.45, 7) is 4.20. The van der Waals surface area contributed by atoms with Gasteiger partial charge in [-0.25, -0.2) is 17.6 Å². The lowest BCUT2D eigenvalue weighted by molar-refractivity contribution is 0.0647. The van der Waals surface area contributed by atoms with Gasteiger partial charge in [-0.05, 0) is 75.2 Å². The first kappa shape index (κ1) is 31.2. The molecule has 3 aromatic carbocycles. The van der Waals surface area contributed by atoms with Crippen LogP contribution in [0.2, 0.25) is 0 Å². The van der Waals surface area contributed by atoms with E-state index in [1.54, 1.807) is 6.92 Å². The highest BCUT2D eigenvalue weighted by atomic mass is 19.3. The maximum Gasteiger partial charge on any atom is 0.319 e. The van der Waals surface area contributed by atoms with Crippen LogP contribution in [0.4, 0.5) is 23.4 Å². The third kappa shape index (κ3) is 4.46. The topological polar surface area (TPSA) is 86.9 Å². The number of phenolic OH excluding ortho intramolecular Hbond substituents is 1. The molecule has 2 bridgehead atoms. The highest BCUT2D eigenvalue weighted by molar-refractivity contribution is 6.18. The number of hydrogen-bond donors (Lipinski definition) is 2. The van der Waals surface area contributed by atoms with Crippen LogP contribution in [0, 0.1) is 36.3 Å². The van der Waals surface area contributed by atoms with Gasteiger partial charge in [0.15, 0.2) is 5.82 Å². The number of phenols is 1. The van der Waals surface area contributed by atoms with Crippen LogP contribution < -0.4 is 15.0 Å². The van der Waals surface area contributed by atoms with E-state index < -0.39 is 28.5 Å². The van der Waals surface area contributed by atoms with Gasteiger partial charge in [-0.1, -0.05) is 12.0 Å². The zero-order valence-electron chi connectivity index (χ0n) is 28.0. The third-order valence-electron chi connectivity index (χ3n) is 12.2. The number of hydrogen-bond acceptors (Lipinski definition) is 8. The molecule has 5 aliphatic rings. The molecule has 0 radical (unpaired) electrons. The first-order chi connectivity index (χ1) is 24.5. The summed E-state index contributed by atoms with van der Waals surface area (Å²) in [5.41, 5.74) is -1.37. The summed E-state index contributed by atoms with van der Waals surface area (Å²) >= 11 is 0. The van der Waals surface area contributed by atoms with Crippen molar-refractivity contribution >= 4 is 38.5 Å². The lowest BCUT2D eigenvalue weighted by Crippen LogP contribution is -2.51. The Bertz CT molecular complexity index is 2360. The summed E-state index contributed by atoms with van der Waals surface area (Å²) in [6.07, 6.45) is 9.64. The number of halogens is 4. The summed E-state index contributed by atoms with van der Waals surface area (Å²) in [4.78, 5) is 13.9. The number of aryl methyl sites for hydroxylation is 1. The summed E-state index contributed by atoms with van der Waals surface area (Å²) in [7, 11) is 0. The molecule has 51 heavy (non-hydrogen) atoms. The Labute approximate surface area is 290 Å². The summed E-state index contributed by atoms with van der Waals surface area (Å²) in [5, 5.41) is 16.1. The van der Waals surface area contributed by atoms with Gasteiger partial charge in [0.2, 0.25) is 0 Å². The van der Waals surface area contributed by atoms with Crippen molar-refractivity contribution in [2.45, 2.75) is 69.0 Å². The number of furan rings is 1. The number of ether oxygens (including phenoxy) is 1. The van der Waals surface area contributed by atoms with Crippen molar-refractivity contribution in [2.24, 2.45) is 5.41 Å². The number of nitrogens with one attached hydrogen (secondary N) is 1. The number of benzene rings is 3. The zero-order chi connectivity index (χ0) is 35.0. The molecule has 1 spiro atoms. The number of piperazine rings is 1. The molecule has 4 aliphatic heterocycles. The molecular weight excluding hydrogens is 662 g/mol. The molecule has 6 heterocycles. The van der Waals surface area contributed by atoms with Crippen LogP contribution in [-0.4, -0.2) is 76.3 Å². The Balaban J connectivity index is 1.18. The second-order valence-electron chi connectivity index (χ2n) is 15.4. The molecular formula is C39H35F4N5O3. The van der Waals surface area contributed by atoms with Crippen LogP contribution >= 0.6 is 0 Å². The largest absolute Gasteiger partial charge is 0.508 e. The first-order valence-corrected chi connectivity index (χ1v) is 17.6. The van der Waals surface area contributed by atoms with E-state index in [0.29, 0.717) is 53.8 Å². The van der Waals surface area contributed by atoms with Gasteiger partial charge >= 0.3 is 6.01 Å². The molecule has 4 atom stereocenters. The number of fused-ring (bicyclic) bond motifs is 7. The van der Waals surface area contributed by atoms with Crippen molar-refractivity contribution in [1.82, 2.24) is 20.2 Å². The lowest BCUT2D eigenvalue weighted by Gasteiger charge is -2.35. The van der Waals surface area contributed by atoms with Crippen LogP contribution in [0.3, 0.4) is 0 Å². The Morgan fingerprint density at radius 2 is 1.88 bits per heavy atom. The van der Waals surface area contributed by atoms with Gasteiger partial charge in [0, 0.05) is 54.5 Å². The van der Waals surface area contributed by atoms with E-state index in [9.17, 15) is 13.9 Å². The monoisotopic (exact) mass is 697 g/mol. The molecule has 8 nitrogen and oxygen atoms in total. The predicted molar refractivity (Wildman–Crippen MR) is 184 cm³/mol. The van der Waals surface area contributed by atoms with E-state index in [-0.39, 0.29) is 70.0 Å². The van der Waals surface area contributed by atoms with Gasteiger partial charge in [0.1, 0.15) is 40.9 Å². The average molecular weight is 698 g/mol. The number of nitrogens with zero attached hydrogens (tertiary/aromatic N) is 4. The normalized spacial score (nSPS) is 28.0. The Morgan fingerprint density at radius 1 is 1.10 bits per heavy atom. The Kier molecular flexibility index (Phi) is 6.40.